The molecule has 94 valence electrons. The van der Waals surface area contributed by atoms with Gasteiger partial charge in [-0.1, -0.05) is 56.0 Å². The molecule has 2 rings (SSSR count). The molecule has 17 heavy (non-hydrogen) atoms. The topological polar surface area (TPSA) is 12.0 Å². The van der Waals surface area contributed by atoms with Crippen molar-refractivity contribution >= 4 is 11.6 Å². The first kappa shape index (κ1) is 12.9. The van der Waals surface area contributed by atoms with Gasteiger partial charge in [0, 0.05) is 11.1 Å². The van der Waals surface area contributed by atoms with Crippen molar-refractivity contribution in [1.82, 2.24) is 5.32 Å². The maximum atomic E-state index is 6.34. The molecule has 1 aromatic carbocycles. The van der Waals surface area contributed by atoms with Gasteiger partial charge in [0.05, 0.1) is 0 Å². The summed E-state index contributed by atoms with van der Waals surface area (Å²) in [6.07, 6.45) is 6.67. The lowest BCUT2D eigenvalue weighted by Gasteiger charge is -2.41. The monoisotopic (exact) mass is 251 g/mol. The van der Waals surface area contributed by atoms with E-state index in [-0.39, 0.29) is 0 Å². The number of nitrogens with one attached hydrogen (secondary N) is 1. The number of rotatable bonds is 3. The normalized spacial score (nSPS) is 21.1. The Kier molecular flexibility index (Phi) is 4.11. The van der Waals surface area contributed by atoms with E-state index < -0.39 is 0 Å². The second-order valence-corrected chi connectivity index (χ2v) is 5.87. The van der Waals surface area contributed by atoms with Gasteiger partial charge in [-0.3, -0.25) is 0 Å². The van der Waals surface area contributed by atoms with Gasteiger partial charge in [0.2, 0.25) is 0 Å². The Hall–Kier alpha value is -0.530. The molecule has 0 aromatic heterocycles. The lowest BCUT2D eigenvalue weighted by atomic mass is 9.68. The quantitative estimate of drug-likeness (QED) is 0.830. The largest absolute Gasteiger partial charge is 0.312 e. The van der Waals surface area contributed by atoms with Crippen LogP contribution in [0.25, 0.3) is 0 Å². The molecule has 1 aromatic rings. The number of halogens is 1. The van der Waals surface area contributed by atoms with Crippen LogP contribution >= 0.6 is 11.6 Å². The Morgan fingerprint density at radius 3 is 2.41 bits per heavy atom. The van der Waals surface area contributed by atoms with Crippen LogP contribution in [0.1, 0.15) is 50.6 Å². The van der Waals surface area contributed by atoms with Crippen LogP contribution < -0.4 is 5.32 Å². The van der Waals surface area contributed by atoms with Gasteiger partial charge in [-0.15, -0.1) is 0 Å². The molecule has 0 spiro atoms. The predicted octanol–water partition coefficient (Wildman–Crippen LogP) is 4.57. The second-order valence-electron chi connectivity index (χ2n) is 5.46. The highest BCUT2D eigenvalue weighted by molar-refractivity contribution is 6.31. The predicted molar refractivity (Wildman–Crippen MR) is 74.4 cm³/mol. The van der Waals surface area contributed by atoms with Crippen LogP contribution in [0.4, 0.5) is 0 Å². The number of hydrogen-bond donors (Lipinski definition) is 1. The maximum absolute atomic E-state index is 6.34. The minimum Gasteiger partial charge on any atom is -0.312 e. The maximum Gasteiger partial charge on any atom is 0.0454 e. The third-order valence-corrected chi connectivity index (χ3v) is 4.54. The first-order valence-corrected chi connectivity index (χ1v) is 6.97. The lowest BCUT2D eigenvalue weighted by molar-refractivity contribution is 0.150. The van der Waals surface area contributed by atoms with Gasteiger partial charge in [-0.2, -0.15) is 0 Å². The molecule has 0 saturated heterocycles. The molecule has 0 amide bonds. The molecule has 1 aliphatic carbocycles. The van der Waals surface area contributed by atoms with Gasteiger partial charge in [-0.25, -0.2) is 0 Å². The van der Waals surface area contributed by atoms with Gasteiger partial charge in [0.1, 0.15) is 0 Å². The van der Waals surface area contributed by atoms with E-state index in [2.05, 4.69) is 24.4 Å². The lowest BCUT2D eigenvalue weighted by Crippen LogP contribution is -2.36. The highest BCUT2D eigenvalue weighted by Crippen LogP contribution is 2.46. The van der Waals surface area contributed by atoms with Crippen molar-refractivity contribution in [2.24, 2.45) is 5.41 Å². The first-order chi connectivity index (χ1) is 8.17. The zero-order valence-corrected chi connectivity index (χ0v) is 11.6. The summed E-state index contributed by atoms with van der Waals surface area (Å²) in [4.78, 5) is 0. The summed E-state index contributed by atoms with van der Waals surface area (Å²) in [6.45, 7) is 2.40. The van der Waals surface area contributed by atoms with Crippen LogP contribution in [-0.4, -0.2) is 7.05 Å². The van der Waals surface area contributed by atoms with E-state index in [1.165, 1.54) is 37.7 Å². The van der Waals surface area contributed by atoms with Gasteiger partial charge in [0.25, 0.3) is 0 Å². The molecule has 1 nitrogen and oxygen atoms in total. The summed E-state index contributed by atoms with van der Waals surface area (Å²) >= 11 is 6.34. The molecule has 2 heteroatoms. The Labute approximate surface area is 110 Å². The van der Waals surface area contributed by atoms with E-state index in [0.29, 0.717) is 11.5 Å². The van der Waals surface area contributed by atoms with Crippen molar-refractivity contribution in [2.45, 2.75) is 45.1 Å². The van der Waals surface area contributed by atoms with E-state index in [0.717, 1.165) is 5.02 Å². The van der Waals surface area contributed by atoms with Crippen molar-refractivity contribution in [3.05, 3.63) is 34.9 Å². The molecule has 1 fully saturated rings. The SMILES string of the molecule is CNC(c1ccccc1Cl)C1(C)CCCCC1. The van der Waals surface area contributed by atoms with Crippen LogP contribution in [0, 0.1) is 5.41 Å². The molecule has 1 atom stereocenters. The fourth-order valence-electron chi connectivity index (χ4n) is 3.24. The standard InChI is InChI=1S/C15H22ClN/c1-15(10-6-3-7-11-15)14(17-2)12-8-4-5-9-13(12)16/h4-5,8-9,14,17H,3,6-7,10-11H2,1-2H3. The Balaban J connectivity index is 2.29. The summed E-state index contributed by atoms with van der Waals surface area (Å²) in [5.74, 6) is 0. The van der Waals surface area contributed by atoms with Crippen molar-refractivity contribution in [1.29, 1.82) is 0 Å². The van der Waals surface area contributed by atoms with E-state index in [1.54, 1.807) is 0 Å². The summed E-state index contributed by atoms with van der Waals surface area (Å²) in [6, 6.07) is 8.60. The molecular weight excluding hydrogens is 230 g/mol. The Morgan fingerprint density at radius 1 is 1.18 bits per heavy atom. The minimum absolute atomic E-state index is 0.345. The third kappa shape index (κ3) is 2.66. The Morgan fingerprint density at radius 2 is 1.82 bits per heavy atom. The van der Waals surface area contributed by atoms with E-state index in [4.69, 9.17) is 11.6 Å². The summed E-state index contributed by atoms with van der Waals surface area (Å²) in [5.41, 5.74) is 1.60. The zero-order chi connectivity index (χ0) is 12.3. The fourth-order valence-corrected chi connectivity index (χ4v) is 3.48. The van der Waals surface area contributed by atoms with Gasteiger partial charge < -0.3 is 5.32 Å². The van der Waals surface area contributed by atoms with Crippen LogP contribution in [0.3, 0.4) is 0 Å². The van der Waals surface area contributed by atoms with Crippen molar-refractivity contribution in [3.63, 3.8) is 0 Å². The van der Waals surface area contributed by atoms with E-state index >= 15 is 0 Å². The van der Waals surface area contributed by atoms with Crippen LogP contribution in [0.15, 0.2) is 24.3 Å². The van der Waals surface area contributed by atoms with Gasteiger partial charge >= 0.3 is 0 Å². The average Bonchev–Trinajstić information content (AvgIpc) is 2.33. The highest BCUT2D eigenvalue weighted by atomic mass is 35.5. The summed E-state index contributed by atoms with van der Waals surface area (Å²) < 4.78 is 0. The zero-order valence-electron chi connectivity index (χ0n) is 10.8. The average molecular weight is 252 g/mol. The summed E-state index contributed by atoms with van der Waals surface area (Å²) in [7, 11) is 2.05. The molecule has 1 aliphatic rings. The molecule has 0 heterocycles. The van der Waals surface area contributed by atoms with Gasteiger partial charge in [-0.05, 0) is 36.9 Å². The van der Waals surface area contributed by atoms with Crippen molar-refractivity contribution < 1.29 is 0 Å². The van der Waals surface area contributed by atoms with Crippen molar-refractivity contribution in [2.75, 3.05) is 7.05 Å². The second kappa shape index (κ2) is 5.41. The molecule has 0 radical (unpaired) electrons. The molecule has 0 bridgehead atoms. The van der Waals surface area contributed by atoms with Gasteiger partial charge in [0.15, 0.2) is 0 Å². The molecule has 1 saturated carbocycles. The molecule has 1 unspecified atom stereocenters. The fraction of sp³-hybridized carbons (Fsp3) is 0.600. The van der Waals surface area contributed by atoms with E-state index in [1.807, 2.05) is 19.2 Å². The number of benzene rings is 1. The highest BCUT2D eigenvalue weighted by Gasteiger charge is 2.36. The van der Waals surface area contributed by atoms with Crippen LogP contribution in [0.5, 0.6) is 0 Å². The smallest absolute Gasteiger partial charge is 0.0454 e. The number of hydrogen-bond acceptors (Lipinski definition) is 1. The Bertz CT molecular complexity index is 369. The molecule has 1 N–H and O–H groups in total. The molecule has 0 aliphatic heterocycles. The third-order valence-electron chi connectivity index (χ3n) is 4.20. The minimum atomic E-state index is 0.345. The molecular formula is C15H22ClN. The van der Waals surface area contributed by atoms with Crippen molar-refractivity contribution in [3.8, 4) is 0 Å². The van der Waals surface area contributed by atoms with Crippen LogP contribution in [-0.2, 0) is 0 Å². The summed E-state index contributed by atoms with van der Waals surface area (Å²) in [5, 5.41) is 4.37. The van der Waals surface area contributed by atoms with E-state index in [9.17, 15) is 0 Å². The first-order valence-electron chi connectivity index (χ1n) is 6.59. The van der Waals surface area contributed by atoms with Crippen LogP contribution in [0.2, 0.25) is 5.02 Å².